The highest BCUT2D eigenvalue weighted by atomic mass is 35.5. The van der Waals surface area contributed by atoms with E-state index in [1.54, 1.807) is 0 Å². The quantitative estimate of drug-likeness (QED) is 0.824. The molecule has 0 atom stereocenters. The van der Waals surface area contributed by atoms with Gasteiger partial charge in [0.1, 0.15) is 0 Å². The molecule has 0 radical (unpaired) electrons. The van der Waals surface area contributed by atoms with Crippen LogP contribution in [0.2, 0.25) is 0 Å². The van der Waals surface area contributed by atoms with Crippen LogP contribution < -0.4 is 5.32 Å². The van der Waals surface area contributed by atoms with Gasteiger partial charge in [0.2, 0.25) is 0 Å². The van der Waals surface area contributed by atoms with Gasteiger partial charge in [-0.25, -0.2) is 0 Å². The number of piperazine rings is 1. The van der Waals surface area contributed by atoms with Gasteiger partial charge in [0.05, 0.1) is 0 Å². The Bertz CT molecular complexity index is 251. The Morgan fingerprint density at radius 1 is 1.31 bits per heavy atom. The van der Waals surface area contributed by atoms with Gasteiger partial charge in [-0.2, -0.15) is 0 Å². The molecule has 1 spiro atoms. The molecule has 16 heavy (non-hydrogen) atoms. The van der Waals surface area contributed by atoms with Gasteiger partial charge in [0, 0.05) is 42.3 Å². The molecule has 0 aromatic heterocycles. The van der Waals surface area contributed by atoms with Gasteiger partial charge in [-0.05, 0) is 12.8 Å². The molecule has 0 aromatic carbocycles. The van der Waals surface area contributed by atoms with Gasteiger partial charge in [0.25, 0.3) is 0 Å². The van der Waals surface area contributed by atoms with Gasteiger partial charge in [-0.3, -0.25) is 4.90 Å². The highest BCUT2D eigenvalue weighted by molar-refractivity contribution is 6.36. The van der Waals surface area contributed by atoms with Crippen molar-refractivity contribution in [3.63, 3.8) is 0 Å². The zero-order chi connectivity index (χ0) is 11.4. The molecule has 4 heteroatoms. The summed E-state index contributed by atoms with van der Waals surface area (Å²) >= 11 is 11.7. The van der Waals surface area contributed by atoms with E-state index in [9.17, 15) is 0 Å². The highest BCUT2D eigenvalue weighted by Crippen LogP contribution is 2.35. The minimum atomic E-state index is 0.344. The molecular formula is C12H20Cl2N2. The lowest BCUT2D eigenvalue weighted by Crippen LogP contribution is -2.62. The van der Waals surface area contributed by atoms with Gasteiger partial charge < -0.3 is 5.32 Å². The SMILES string of the molecule is ClC=C(Cl)CN1CCNCC12CCCCC2. The van der Waals surface area contributed by atoms with Crippen LogP contribution in [0.3, 0.4) is 0 Å². The van der Waals surface area contributed by atoms with Crippen LogP contribution in [0.25, 0.3) is 0 Å². The van der Waals surface area contributed by atoms with Crippen molar-refractivity contribution in [1.29, 1.82) is 0 Å². The van der Waals surface area contributed by atoms with Gasteiger partial charge in [0.15, 0.2) is 0 Å². The lowest BCUT2D eigenvalue weighted by atomic mass is 9.79. The molecule has 1 saturated heterocycles. The van der Waals surface area contributed by atoms with Crippen LogP contribution in [0.5, 0.6) is 0 Å². The summed E-state index contributed by atoms with van der Waals surface area (Å²) in [6.45, 7) is 4.07. The molecule has 2 rings (SSSR count). The van der Waals surface area contributed by atoms with Crippen molar-refractivity contribution in [2.45, 2.75) is 37.6 Å². The van der Waals surface area contributed by atoms with E-state index in [1.165, 1.54) is 37.6 Å². The van der Waals surface area contributed by atoms with Crippen molar-refractivity contribution in [1.82, 2.24) is 10.2 Å². The molecule has 1 N–H and O–H groups in total. The van der Waals surface area contributed by atoms with E-state index in [-0.39, 0.29) is 0 Å². The van der Waals surface area contributed by atoms with Crippen molar-refractivity contribution in [3.05, 3.63) is 10.6 Å². The summed E-state index contributed by atoms with van der Waals surface area (Å²) < 4.78 is 0. The van der Waals surface area contributed by atoms with Crippen molar-refractivity contribution < 1.29 is 0 Å². The molecular weight excluding hydrogens is 243 g/mol. The predicted molar refractivity (Wildman–Crippen MR) is 70.0 cm³/mol. The maximum absolute atomic E-state index is 6.07. The van der Waals surface area contributed by atoms with E-state index in [0.717, 1.165) is 31.2 Å². The Morgan fingerprint density at radius 3 is 2.75 bits per heavy atom. The predicted octanol–water partition coefficient (Wildman–Crippen LogP) is 2.91. The van der Waals surface area contributed by atoms with Crippen molar-refractivity contribution in [2.75, 3.05) is 26.2 Å². The van der Waals surface area contributed by atoms with Crippen LogP contribution in [0.4, 0.5) is 0 Å². The fourth-order valence-electron chi connectivity index (χ4n) is 3.05. The van der Waals surface area contributed by atoms with Crippen LogP contribution in [0, 0.1) is 0 Å². The Hall–Kier alpha value is 0.240. The van der Waals surface area contributed by atoms with Crippen LogP contribution in [-0.4, -0.2) is 36.6 Å². The molecule has 92 valence electrons. The summed E-state index contributed by atoms with van der Waals surface area (Å²) in [6, 6.07) is 0. The zero-order valence-corrected chi connectivity index (χ0v) is 11.2. The minimum Gasteiger partial charge on any atom is -0.314 e. The molecule has 0 aromatic rings. The Morgan fingerprint density at radius 2 is 2.06 bits per heavy atom. The zero-order valence-electron chi connectivity index (χ0n) is 9.64. The number of halogens is 2. The normalized spacial score (nSPS) is 27.2. The first-order valence-corrected chi connectivity index (χ1v) is 6.99. The number of nitrogens with one attached hydrogen (secondary N) is 1. The first-order chi connectivity index (χ1) is 7.77. The molecule has 0 amide bonds. The van der Waals surface area contributed by atoms with Crippen molar-refractivity contribution in [3.8, 4) is 0 Å². The van der Waals surface area contributed by atoms with E-state index in [1.807, 2.05) is 0 Å². The monoisotopic (exact) mass is 262 g/mol. The van der Waals surface area contributed by atoms with Crippen molar-refractivity contribution >= 4 is 23.2 Å². The summed E-state index contributed by atoms with van der Waals surface area (Å²) in [6.07, 6.45) is 6.67. The number of hydrogen-bond donors (Lipinski definition) is 1. The average Bonchev–Trinajstić information content (AvgIpc) is 2.33. The molecule has 1 aliphatic heterocycles. The maximum atomic E-state index is 6.07. The van der Waals surface area contributed by atoms with Crippen LogP contribution in [-0.2, 0) is 0 Å². The fourth-order valence-corrected chi connectivity index (χ4v) is 3.26. The standard InChI is InChI=1S/C12H20Cl2N2/c13-8-11(14)9-16-7-6-15-10-12(16)4-2-1-3-5-12/h8,15H,1-7,9-10H2. The number of rotatable bonds is 2. The Labute approximate surface area is 108 Å². The van der Waals surface area contributed by atoms with E-state index in [2.05, 4.69) is 10.2 Å². The highest BCUT2D eigenvalue weighted by Gasteiger charge is 2.39. The third-order valence-electron chi connectivity index (χ3n) is 3.93. The summed E-state index contributed by atoms with van der Waals surface area (Å²) in [4.78, 5) is 2.53. The second kappa shape index (κ2) is 5.72. The lowest BCUT2D eigenvalue weighted by molar-refractivity contribution is 0.0370. The van der Waals surface area contributed by atoms with Gasteiger partial charge in [-0.15, -0.1) is 0 Å². The second-order valence-electron chi connectivity index (χ2n) is 4.94. The number of hydrogen-bond acceptors (Lipinski definition) is 2. The first-order valence-electron chi connectivity index (χ1n) is 6.17. The van der Waals surface area contributed by atoms with E-state index in [4.69, 9.17) is 23.2 Å². The molecule has 1 saturated carbocycles. The molecule has 0 unspecified atom stereocenters. The summed E-state index contributed by atoms with van der Waals surface area (Å²) in [7, 11) is 0. The number of nitrogens with zero attached hydrogens (tertiary/aromatic N) is 1. The Balaban J connectivity index is 2.06. The van der Waals surface area contributed by atoms with Crippen LogP contribution in [0.15, 0.2) is 10.6 Å². The lowest BCUT2D eigenvalue weighted by Gasteiger charge is -2.49. The second-order valence-corrected chi connectivity index (χ2v) is 5.64. The smallest absolute Gasteiger partial charge is 0.0434 e. The minimum absolute atomic E-state index is 0.344. The average molecular weight is 263 g/mol. The van der Waals surface area contributed by atoms with Crippen LogP contribution >= 0.6 is 23.2 Å². The molecule has 2 fully saturated rings. The van der Waals surface area contributed by atoms with Gasteiger partial charge >= 0.3 is 0 Å². The fraction of sp³-hybridized carbons (Fsp3) is 0.833. The first kappa shape index (κ1) is 12.7. The molecule has 2 aliphatic rings. The van der Waals surface area contributed by atoms with E-state index in [0.29, 0.717) is 5.54 Å². The Kier molecular flexibility index (Phi) is 4.54. The molecule has 0 bridgehead atoms. The largest absolute Gasteiger partial charge is 0.314 e. The van der Waals surface area contributed by atoms with Crippen LogP contribution in [0.1, 0.15) is 32.1 Å². The molecule has 1 heterocycles. The third kappa shape index (κ3) is 2.73. The summed E-state index contributed by atoms with van der Waals surface area (Å²) in [5, 5.41) is 4.29. The molecule has 2 nitrogen and oxygen atoms in total. The summed E-state index contributed by atoms with van der Waals surface area (Å²) in [5.74, 6) is 0. The topological polar surface area (TPSA) is 15.3 Å². The van der Waals surface area contributed by atoms with Gasteiger partial charge in [-0.1, -0.05) is 42.5 Å². The maximum Gasteiger partial charge on any atom is 0.0434 e. The summed E-state index contributed by atoms with van der Waals surface area (Å²) in [5.41, 5.74) is 1.84. The third-order valence-corrected chi connectivity index (χ3v) is 4.53. The van der Waals surface area contributed by atoms with Crippen molar-refractivity contribution in [2.24, 2.45) is 0 Å². The van der Waals surface area contributed by atoms with E-state index >= 15 is 0 Å². The molecule has 1 aliphatic carbocycles. The van der Waals surface area contributed by atoms with E-state index < -0.39 is 0 Å².